The molecule has 0 aliphatic heterocycles. The number of nitrogens with zero attached hydrogens (tertiary/aromatic N) is 1. The van der Waals surface area contributed by atoms with Crippen LogP contribution in [0.2, 0.25) is 5.02 Å². The Bertz CT molecular complexity index is 591. The largest absolute Gasteiger partial charge is 0.467 e. The van der Waals surface area contributed by atoms with Gasteiger partial charge in [-0.2, -0.15) is 0 Å². The number of halogens is 1. The van der Waals surface area contributed by atoms with Crippen LogP contribution in [0.15, 0.2) is 18.2 Å². The molecule has 0 aromatic heterocycles. The van der Waals surface area contributed by atoms with Gasteiger partial charge in [0.15, 0.2) is 0 Å². The Morgan fingerprint density at radius 2 is 2.09 bits per heavy atom. The monoisotopic (exact) mass is 328 g/mol. The predicted molar refractivity (Wildman–Crippen MR) is 80.8 cm³/mol. The van der Waals surface area contributed by atoms with E-state index in [1.807, 2.05) is 6.92 Å². The molecule has 120 valence electrons. The standard InChI is InChI=1S/C14H17ClN2O5/c1-4-8(2)12(14(19)22-3)16-13(18)9-5-6-10(15)11(7-9)17(20)21/h5-8,12H,4H2,1-3H3,(H,16,18). The third-order valence-corrected chi connectivity index (χ3v) is 3.68. The van der Waals surface area contributed by atoms with Crippen molar-refractivity contribution in [3.63, 3.8) is 0 Å². The number of ether oxygens (including phenoxy) is 1. The van der Waals surface area contributed by atoms with Gasteiger partial charge in [-0.3, -0.25) is 14.9 Å². The maximum atomic E-state index is 12.2. The topological polar surface area (TPSA) is 98.5 Å². The van der Waals surface area contributed by atoms with E-state index in [1.54, 1.807) is 6.92 Å². The van der Waals surface area contributed by atoms with E-state index in [0.29, 0.717) is 6.42 Å². The zero-order chi connectivity index (χ0) is 16.9. The van der Waals surface area contributed by atoms with Crippen molar-refractivity contribution >= 4 is 29.2 Å². The molecule has 0 aliphatic rings. The average molecular weight is 329 g/mol. The molecule has 8 heteroatoms. The minimum atomic E-state index is -0.822. The molecular formula is C14H17ClN2O5. The molecule has 0 bridgehead atoms. The lowest BCUT2D eigenvalue weighted by Crippen LogP contribution is -2.45. The average Bonchev–Trinajstić information content (AvgIpc) is 2.50. The number of esters is 1. The fraction of sp³-hybridized carbons (Fsp3) is 0.429. The first kappa shape index (κ1) is 17.9. The van der Waals surface area contributed by atoms with Crippen LogP contribution in [-0.4, -0.2) is 30.0 Å². The first-order valence-corrected chi connectivity index (χ1v) is 7.02. The van der Waals surface area contributed by atoms with Crippen molar-refractivity contribution in [2.45, 2.75) is 26.3 Å². The van der Waals surface area contributed by atoms with Crippen molar-refractivity contribution in [2.24, 2.45) is 5.92 Å². The Balaban J connectivity index is 3.02. The number of rotatable bonds is 6. The molecule has 2 atom stereocenters. The van der Waals surface area contributed by atoms with Gasteiger partial charge in [-0.05, 0) is 18.1 Å². The fourth-order valence-corrected chi connectivity index (χ4v) is 2.00. The number of carbonyl (C=O) groups excluding carboxylic acids is 2. The van der Waals surface area contributed by atoms with Gasteiger partial charge in [0.25, 0.3) is 11.6 Å². The van der Waals surface area contributed by atoms with Gasteiger partial charge >= 0.3 is 5.97 Å². The Morgan fingerprint density at radius 3 is 2.59 bits per heavy atom. The first-order valence-electron chi connectivity index (χ1n) is 6.64. The molecule has 0 heterocycles. The summed E-state index contributed by atoms with van der Waals surface area (Å²) in [5.41, 5.74) is -0.319. The summed E-state index contributed by atoms with van der Waals surface area (Å²) >= 11 is 5.70. The number of hydrogen-bond donors (Lipinski definition) is 1. The Labute approximate surface area is 132 Å². The predicted octanol–water partition coefficient (Wildman–Crippen LogP) is 2.57. The van der Waals surface area contributed by atoms with Crippen LogP contribution in [0.3, 0.4) is 0 Å². The van der Waals surface area contributed by atoms with Gasteiger partial charge in [0.1, 0.15) is 11.1 Å². The lowest BCUT2D eigenvalue weighted by molar-refractivity contribution is -0.384. The quantitative estimate of drug-likeness (QED) is 0.491. The molecule has 22 heavy (non-hydrogen) atoms. The number of hydrogen-bond acceptors (Lipinski definition) is 5. The van der Waals surface area contributed by atoms with Gasteiger partial charge < -0.3 is 10.1 Å². The Morgan fingerprint density at radius 1 is 1.45 bits per heavy atom. The van der Waals surface area contributed by atoms with E-state index in [0.717, 1.165) is 6.07 Å². The molecule has 0 aliphatic carbocycles. The molecule has 0 saturated heterocycles. The molecule has 0 radical (unpaired) electrons. The maximum absolute atomic E-state index is 12.2. The maximum Gasteiger partial charge on any atom is 0.328 e. The smallest absolute Gasteiger partial charge is 0.328 e. The lowest BCUT2D eigenvalue weighted by Gasteiger charge is -2.21. The number of amides is 1. The molecule has 0 saturated carbocycles. The van der Waals surface area contributed by atoms with Gasteiger partial charge in [-0.25, -0.2) is 4.79 Å². The number of nitro benzene ring substituents is 1. The van der Waals surface area contributed by atoms with Crippen molar-refractivity contribution in [3.8, 4) is 0 Å². The minimum Gasteiger partial charge on any atom is -0.467 e. The summed E-state index contributed by atoms with van der Waals surface area (Å²) in [6, 6.07) is 2.88. The third-order valence-electron chi connectivity index (χ3n) is 3.36. The molecule has 0 spiro atoms. The van der Waals surface area contributed by atoms with Crippen LogP contribution in [0.4, 0.5) is 5.69 Å². The van der Waals surface area contributed by atoms with E-state index in [2.05, 4.69) is 10.1 Å². The van der Waals surface area contributed by atoms with Crippen molar-refractivity contribution in [2.75, 3.05) is 7.11 Å². The molecule has 1 rings (SSSR count). The van der Waals surface area contributed by atoms with Crippen LogP contribution >= 0.6 is 11.6 Å². The van der Waals surface area contributed by atoms with Crippen LogP contribution in [0.1, 0.15) is 30.6 Å². The van der Waals surface area contributed by atoms with Gasteiger partial charge in [0, 0.05) is 11.6 Å². The number of carbonyl (C=O) groups is 2. The van der Waals surface area contributed by atoms with Crippen molar-refractivity contribution < 1.29 is 19.2 Å². The third kappa shape index (κ3) is 4.17. The zero-order valence-electron chi connectivity index (χ0n) is 12.5. The SMILES string of the molecule is CCC(C)C(NC(=O)c1ccc(Cl)c([N+](=O)[O-])c1)C(=O)OC. The Hall–Kier alpha value is -2.15. The highest BCUT2D eigenvalue weighted by Crippen LogP contribution is 2.25. The lowest BCUT2D eigenvalue weighted by atomic mass is 9.99. The number of nitrogens with one attached hydrogen (secondary N) is 1. The van der Waals surface area contributed by atoms with E-state index >= 15 is 0 Å². The second kappa shape index (κ2) is 7.74. The zero-order valence-corrected chi connectivity index (χ0v) is 13.2. The number of benzene rings is 1. The highest BCUT2D eigenvalue weighted by Gasteiger charge is 2.27. The van der Waals surface area contributed by atoms with E-state index in [9.17, 15) is 19.7 Å². The normalized spacial score (nSPS) is 13.1. The minimum absolute atomic E-state index is 0.0494. The van der Waals surface area contributed by atoms with Crippen molar-refractivity contribution in [1.29, 1.82) is 0 Å². The number of methoxy groups -OCH3 is 1. The summed E-state index contributed by atoms with van der Waals surface area (Å²) in [7, 11) is 1.23. The van der Waals surface area contributed by atoms with E-state index in [-0.39, 0.29) is 22.2 Å². The molecule has 0 fully saturated rings. The second-order valence-corrected chi connectivity index (χ2v) is 5.19. The Kier molecular flexibility index (Phi) is 6.30. The molecule has 7 nitrogen and oxygen atoms in total. The highest BCUT2D eigenvalue weighted by molar-refractivity contribution is 6.32. The summed E-state index contributed by atoms with van der Waals surface area (Å²) in [5, 5.41) is 13.3. The van der Waals surface area contributed by atoms with Crippen LogP contribution < -0.4 is 5.32 Å². The highest BCUT2D eigenvalue weighted by atomic mass is 35.5. The van der Waals surface area contributed by atoms with Crippen LogP contribution in [0.25, 0.3) is 0 Å². The van der Waals surface area contributed by atoms with Gasteiger partial charge in [-0.15, -0.1) is 0 Å². The molecule has 1 N–H and O–H groups in total. The summed E-state index contributed by atoms with van der Waals surface area (Å²) in [6.07, 6.45) is 0.654. The molecule has 1 aromatic rings. The summed E-state index contributed by atoms with van der Waals surface area (Å²) in [4.78, 5) is 34.1. The molecular weight excluding hydrogens is 312 g/mol. The summed E-state index contributed by atoms with van der Waals surface area (Å²) < 4.78 is 4.67. The second-order valence-electron chi connectivity index (χ2n) is 4.78. The van der Waals surface area contributed by atoms with Crippen molar-refractivity contribution in [1.82, 2.24) is 5.32 Å². The molecule has 1 amide bonds. The van der Waals surface area contributed by atoms with Crippen LogP contribution in [0, 0.1) is 16.0 Å². The van der Waals surface area contributed by atoms with Gasteiger partial charge in [0.05, 0.1) is 12.0 Å². The fourth-order valence-electron chi connectivity index (χ4n) is 1.81. The molecule has 2 unspecified atom stereocenters. The van der Waals surface area contributed by atoms with E-state index in [1.165, 1.54) is 19.2 Å². The van der Waals surface area contributed by atoms with Gasteiger partial charge in [0.2, 0.25) is 0 Å². The summed E-state index contributed by atoms with van der Waals surface area (Å²) in [5.74, 6) is -1.31. The van der Waals surface area contributed by atoms with E-state index < -0.39 is 22.8 Å². The van der Waals surface area contributed by atoms with Crippen molar-refractivity contribution in [3.05, 3.63) is 38.9 Å². The van der Waals surface area contributed by atoms with Crippen LogP contribution in [0.5, 0.6) is 0 Å². The molecule has 1 aromatic carbocycles. The summed E-state index contributed by atoms with van der Waals surface area (Å²) in [6.45, 7) is 3.67. The first-order chi connectivity index (χ1) is 10.3. The van der Waals surface area contributed by atoms with E-state index in [4.69, 9.17) is 11.6 Å². The van der Waals surface area contributed by atoms with Gasteiger partial charge in [-0.1, -0.05) is 31.9 Å². The number of nitro groups is 1. The van der Waals surface area contributed by atoms with Crippen LogP contribution in [-0.2, 0) is 9.53 Å².